The van der Waals surface area contributed by atoms with E-state index in [0.717, 1.165) is 38.1 Å². The Labute approximate surface area is 127 Å². The van der Waals surface area contributed by atoms with Crippen molar-refractivity contribution in [1.82, 2.24) is 10.2 Å². The number of rotatable bonds is 6. The third kappa shape index (κ3) is 4.46. The average molecular weight is 290 g/mol. The van der Waals surface area contributed by atoms with Gasteiger partial charge in [0.15, 0.2) is 0 Å². The first-order valence-corrected chi connectivity index (χ1v) is 7.92. The van der Waals surface area contributed by atoms with Crippen molar-refractivity contribution in [2.75, 3.05) is 26.7 Å². The first kappa shape index (κ1) is 15.8. The number of carbonyl (C=O) groups is 1. The van der Waals surface area contributed by atoms with Gasteiger partial charge in [-0.3, -0.25) is 4.79 Å². The fraction of sp³-hybridized carbons (Fsp3) is 0.588. The van der Waals surface area contributed by atoms with Crippen molar-refractivity contribution in [3.63, 3.8) is 0 Å². The highest BCUT2D eigenvalue weighted by Crippen LogP contribution is 2.20. The monoisotopic (exact) mass is 290 g/mol. The molecule has 0 spiro atoms. The van der Waals surface area contributed by atoms with E-state index in [9.17, 15) is 4.79 Å². The summed E-state index contributed by atoms with van der Waals surface area (Å²) >= 11 is 0. The van der Waals surface area contributed by atoms with Crippen LogP contribution in [-0.2, 0) is 4.79 Å². The summed E-state index contributed by atoms with van der Waals surface area (Å²) in [6.07, 6.45) is 4.00. The molecule has 0 radical (unpaired) electrons. The molecule has 21 heavy (non-hydrogen) atoms. The van der Waals surface area contributed by atoms with Gasteiger partial charge in [0.2, 0.25) is 5.91 Å². The zero-order valence-electron chi connectivity index (χ0n) is 13.1. The molecule has 2 rings (SSSR count). The summed E-state index contributed by atoms with van der Waals surface area (Å²) in [4.78, 5) is 14.1. The van der Waals surface area contributed by atoms with Crippen molar-refractivity contribution in [2.45, 2.75) is 38.6 Å². The lowest BCUT2D eigenvalue weighted by Gasteiger charge is -2.26. The molecule has 1 aromatic rings. The number of nitrogens with zero attached hydrogens (tertiary/aromatic N) is 1. The molecule has 0 bridgehead atoms. The van der Waals surface area contributed by atoms with Gasteiger partial charge in [-0.15, -0.1) is 0 Å². The maximum atomic E-state index is 12.1. The summed E-state index contributed by atoms with van der Waals surface area (Å²) in [6, 6.07) is 8.31. The van der Waals surface area contributed by atoms with E-state index >= 15 is 0 Å². The maximum absolute atomic E-state index is 12.1. The number of benzene rings is 1. The zero-order chi connectivity index (χ0) is 15.1. The van der Waals surface area contributed by atoms with E-state index in [1.54, 1.807) is 0 Å². The Hall–Kier alpha value is -1.55. The number of likely N-dealkylation sites (tertiary alicyclic amines) is 1. The molecular formula is C17H26N2O2. The van der Waals surface area contributed by atoms with E-state index in [-0.39, 0.29) is 6.04 Å². The minimum Gasteiger partial charge on any atom is -0.494 e. The van der Waals surface area contributed by atoms with Gasteiger partial charge in [0.05, 0.1) is 6.61 Å². The van der Waals surface area contributed by atoms with Gasteiger partial charge in [-0.05, 0) is 44.5 Å². The highest BCUT2D eigenvalue weighted by molar-refractivity contribution is 5.76. The normalized spacial score (nSPS) is 17.4. The first-order chi connectivity index (χ1) is 10.2. The largest absolute Gasteiger partial charge is 0.494 e. The van der Waals surface area contributed by atoms with Crippen LogP contribution in [0.4, 0.5) is 0 Å². The summed E-state index contributed by atoms with van der Waals surface area (Å²) < 4.78 is 5.47. The van der Waals surface area contributed by atoms with Crippen LogP contribution >= 0.6 is 0 Å². The van der Waals surface area contributed by atoms with Crippen molar-refractivity contribution in [1.29, 1.82) is 0 Å². The van der Waals surface area contributed by atoms with Crippen LogP contribution in [0, 0.1) is 0 Å². The van der Waals surface area contributed by atoms with Crippen molar-refractivity contribution >= 4 is 5.91 Å². The third-order valence-electron chi connectivity index (χ3n) is 4.02. The Morgan fingerprint density at radius 3 is 2.67 bits per heavy atom. The van der Waals surface area contributed by atoms with Crippen molar-refractivity contribution in [3.8, 4) is 5.75 Å². The Morgan fingerprint density at radius 2 is 2.00 bits per heavy atom. The second kappa shape index (κ2) is 8.03. The molecule has 1 aromatic carbocycles. The molecule has 1 aliphatic rings. The molecule has 1 amide bonds. The van der Waals surface area contributed by atoms with E-state index in [2.05, 4.69) is 17.4 Å². The molecule has 1 atom stereocenters. The smallest absolute Gasteiger partial charge is 0.222 e. The lowest BCUT2D eigenvalue weighted by Crippen LogP contribution is -2.37. The minimum absolute atomic E-state index is 0.169. The number of hydrogen-bond donors (Lipinski definition) is 1. The molecule has 4 nitrogen and oxygen atoms in total. The standard InChI is InChI=1S/C17H26N2O2/c1-3-21-15-10-8-14(9-11-15)16(18-2)13-19-12-6-4-5-7-17(19)20/h8-11,16,18H,3-7,12-13H2,1-2H3. The van der Waals surface area contributed by atoms with Gasteiger partial charge in [-0.1, -0.05) is 18.6 Å². The van der Waals surface area contributed by atoms with Crippen LogP contribution in [0.2, 0.25) is 0 Å². The van der Waals surface area contributed by atoms with E-state index < -0.39 is 0 Å². The van der Waals surface area contributed by atoms with Crippen molar-refractivity contribution < 1.29 is 9.53 Å². The predicted molar refractivity (Wildman–Crippen MR) is 84.5 cm³/mol. The number of amides is 1. The molecule has 116 valence electrons. The molecule has 1 fully saturated rings. The van der Waals surface area contributed by atoms with Crippen molar-refractivity contribution in [3.05, 3.63) is 29.8 Å². The van der Waals surface area contributed by atoms with Gasteiger partial charge in [-0.25, -0.2) is 0 Å². The van der Waals surface area contributed by atoms with Crippen LogP contribution in [0.1, 0.15) is 44.2 Å². The Kier molecular flexibility index (Phi) is 6.05. The highest BCUT2D eigenvalue weighted by Gasteiger charge is 2.20. The van der Waals surface area contributed by atoms with Crippen LogP contribution in [0.3, 0.4) is 0 Å². The molecule has 0 aromatic heterocycles. The van der Waals surface area contributed by atoms with Gasteiger partial charge < -0.3 is 15.0 Å². The topological polar surface area (TPSA) is 41.6 Å². The summed E-state index contributed by atoms with van der Waals surface area (Å²) in [5.74, 6) is 1.18. The number of ether oxygens (including phenoxy) is 1. The number of likely N-dealkylation sites (N-methyl/N-ethyl adjacent to an activating group) is 1. The quantitative estimate of drug-likeness (QED) is 0.876. The lowest BCUT2D eigenvalue weighted by molar-refractivity contribution is -0.131. The van der Waals surface area contributed by atoms with Gasteiger partial charge in [0.1, 0.15) is 5.75 Å². The van der Waals surface area contributed by atoms with Gasteiger partial charge >= 0.3 is 0 Å². The van der Waals surface area contributed by atoms with Crippen molar-refractivity contribution in [2.24, 2.45) is 0 Å². The van der Waals surface area contributed by atoms with E-state index in [1.165, 1.54) is 5.56 Å². The Balaban J connectivity index is 2.02. The molecule has 0 aliphatic carbocycles. The van der Waals surface area contributed by atoms with Crippen LogP contribution < -0.4 is 10.1 Å². The van der Waals surface area contributed by atoms with Gasteiger partial charge in [0.25, 0.3) is 0 Å². The average Bonchev–Trinajstić information content (AvgIpc) is 2.71. The molecule has 1 aliphatic heterocycles. The molecule has 1 saturated heterocycles. The van der Waals surface area contributed by atoms with Crippen LogP contribution in [0.25, 0.3) is 0 Å². The number of hydrogen-bond acceptors (Lipinski definition) is 3. The summed E-state index contributed by atoms with van der Waals surface area (Å²) in [6.45, 7) is 4.28. The predicted octanol–water partition coefficient (Wildman–Crippen LogP) is 2.75. The maximum Gasteiger partial charge on any atom is 0.222 e. The van der Waals surface area contributed by atoms with Crippen LogP contribution in [0.15, 0.2) is 24.3 Å². The summed E-state index contributed by atoms with van der Waals surface area (Å²) in [5, 5.41) is 3.32. The SMILES string of the molecule is CCOc1ccc(C(CN2CCCCCC2=O)NC)cc1. The summed E-state index contributed by atoms with van der Waals surface area (Å²) in [7, 11) is 1.95. The van der Waals surface area contributed by atoms with Crippen LogP contribution in [0.5, 0.6) is 5.75 Å². The van der Waals surface area contributed by atoms with Crippen LogP contribution in [-0.4, -0.2) is 37.6 Å². The number of carbonyl (C=O) groups excluding carboxylic acids is 1. The Bertz CT molecular complexity index is 445. The molecule has 1 unspecified atom stereocenters. The van der Waals surface area contributed by atoms with E-state index in [1.807, 2.05) is 31.0 Å². The molecule has 1 N–H and O–H groups in total. The van der Waals surface area contributed by atoms with Gasteiger partial charge in [0, 0.05) is 25.6 Å². The second-order valence-electron chi connectivity index (χ2n) is 5.49. The molecule has 4 heteroatoms. The third-order valence-corrected chi connectivity index (χ3v) is 4.02. The van der Waals surface area contributed by atoms with Gasteiger partial charge in [-0.2, -0.15) is 0 Å². The minimum atomic E-state index is 0.169. The molecule has 1 heterocycles. The first-order valence-electron chi connectivity index (χ1n) is 7.92. The molecular weight excluding hydrogens is 264 g/mol. The molecule has 0 saturated carbocycles. The Morgan fingerprint density at radius 1 is 1.24 bits per heavy atom. The van der Waals surface area contributed by atoms with E-state index in [4.69, 9.17) is 4.74 Å². The fourth-order valence-corrected chi connectivity index (χ4v) is 2.78. The fourth-order valence-electron chi connectivity index (χ4n) is 2.78. The number of nitrogens with one attached hydrogen (secondary N) is 1. The summed E-state index contributed by atoms with van der Waals surface area (Å²) in [5.41, 5.74) is 1.19. The highest BCUT2D eigenvalue weighted by atomic mass is 16.5. The zero-order valence-corrected chi connectivity index (χ0v) is 13.1. The van der Waals surface area contributed by atoms with E-state index in [0.29, 0.717) is 18.9 Å². The second-order valence-corrected chi connectivity index (χ2v) is 5.49. The lowest BCUT2D eigenvalue weighted by atomic mass is 10.1.